The Bertz CT molecular complexity index is 805. The molecular formula is C14H12N4O2. The molecule has 1 aromatic carbocycles. The van der Waals surface area contributed by atoms with Crippen molar-refractivity contribution >= 4 is 11.4 Å². The summed E-state index contributed by atoms with van der Waals surface area (Å²) in [7, 11) is 0. The largest absolute Gasteiger partial charge is 0.350 e. The van der Waals surface area contributed by atoms with Crippen LogP contribution >= 0.6 is 0 Å². The first-order valence-electron chi connectivity index (χ1n) is 6.19. The number of aromatic nitrogens is 4. The summed E-state index contributed by atoms with van der Waals surface area (Å²) < 4.78 is 2.53. The quantitative estimate of drug-likeness (QED) is 0.698. The summed E-state index contributed by atoms with van der Waals surface area (Å²) in [6, 6.07) is 9.42. The molecule has 0 radical (unpaired) electrons. The minimum atomic E-state index is -0.330. The molecule has 2 aromatic heterocycles. The second-order valence-electron chi connectivity index (χ2n) is 4.45. The maximum Gasteiger partial charge on any atom is 0.350 e. The minimum absolute atomic E-state index is 0.0323. The van der Waals surface area contributed by atoms with E-state index in [1.807, 2.05) is 30.3 Å². The maximum absolute atomic E-state index is 12.0. The highest BCUT2D eigenvalue weighted by Crippen LogP contribution is 2.01. The summed E-state index contributed by atoms with van der Waals surface area (Å²) in [5.41, 5.74) is 1.03. The number of rotatable bonds is 4. The second-order valence-corrected chi connectivity index (χ2v) is 4.45. The van der Waals surface area contributed by atoms with Crippen molar-refractivity contribution in [2.75, 3.05) is 0 Å². The highest BCUT2D eigenvalue weighted by atomic mass is 16.2. The van der Waals surface area contributed by atoms with E-state index in [0.717, 1.165) is 5.56 Å². The number of hydrogen-bond donors (Lipinski definition) is 0. The molecule has 0 spiro atoms. The van der Waals surface area contributed by atoms with Crippen LogP contribution in [0.3, 0.4) is 0 Å². The van der Waals surface area contributed by atoms with Gasteiger partial charge in [0.05, 0.1) is 6.20 Å². The van der Waals surface area contributed by atoms with Crippen molar-refractivity contribution in [1.82, 2.24) is 19.2 Å². The number of carbonyl (C=O) groups is 1. The van der Waals surface area contributed by atoms with Crippen molar-refractivity contribution in [3.05, 3.63) is 65.0 Å². The van der Waals surface area contributed by atoms with Gasteiger partial charge < -0.3 is 0 Å². The third-order valence-electron chi connectivity index (χ3n) is 2.96. The second kappa shape index (κ2) is 5.08. The first-order valence-corrected chi connectivity index (χ1v) is 6.19. The fourth-order valence-electron chi connectivity index (χ4n) is 2.03. The number of ketones is 1. The highest BCUT2D eigenvalue weighted by molar-refractivity contribution is 5.80. The molecule has 3 aromatic rings. The van der Waals surface area contributed by atoms with Gasteiger partial charge in [0.1, 0.15) is 6.54 Å². The molecule has 0 aliphatic heterocycles. The molecule has 20 heavy (non-hydrogen) atoms. The van der Waals surface area contributed by atoms with Crippen molar-refractivity contribution in [2.45, 2.75) is 13.0 Å². The Hall–Kier alpha value is -2.76. The zero-order valence-corrected chi connectivity index (χ0v) is 10.6. The van der Waals surface area contributed by atoms with Crippen molar-refractivity contribution in [3.8, 4) is 0 Å². The molecule has 6 heteroatoms. The summed E-state index contributed by atoms with van der Waals surface area (Å²) in [4.78, 5) is 27.9. The molecule has 3 rings (SSSR count). The average molecular weight is 268 g/mol. The smallest absolute Gasteiger partial charge is 0.297 e. The lowest BCUT2D eigenvalue weighted by molar-refractivity contribution is -0.119. The maximum atomic E-state index is 12.0. The van der Waals surface area contributed by atoms with Crippen LogP contribution in [0, 0.1) is 0 Å². The zero-order valence-electron chi connectivity index (χ0n) is 10.6. The minimum Gasteiger partial charge on any atom is -0.297 e. The molecule has 0 atom stereocenters. The number of benzene rings is 1. The van der Waals surface area contributed by atoms with Crippen molar-refractivity contribution in [2.24, 2.45) is 0 Å². The summed E-state index contributed by atoms with van der Waals surface area (Å²) in [5.74, 6) is -0.0605. The van der Waals surface area contributed by atoms with Gasteiger partial charge in [-0.25, -0.2) is 13.9 Å². The molecule has 0 bridgehead atoms. The SMILES string of the molecule is O=C(Cc1ccccc1)Cn1nc2cnccn2c1=O. The van der Waals surface area contributed by atoms with Gasteiger partial charge in [0.15, 0.2) is 11.4 Å². The van der Waals surface area contributed by atoms with Crippen LogP contribution in [-0.2, 0) is 17.8 Å². The van der Waals surface area contributed by atoms with E-state index in [-0.39, 0.29) is 18.0 Å². The Morgan fingerprint density at radius 1 is 1.20 bits per heavy atom. The van der Waals surface area contributed by atoms with Crippen LogP contribution in [0.5, 0.6) is 0 Å². The Morgan fingerprint density at radius 3 is 2.75 bits per heavy atom. The molecule has 0 N–H and O–H groups in total. The zero-order chi connectivity index (χ0) is 13.9. The molecule has 0 aliphatic carbocycles. The lowest BCUT2D eigenvalue weighted by Crippen LogP contribution is -2.25. The molecule has 2 heterocycles. The predicted molar refractivity (Wildman–Crippen MR) is 72.4 cm³/mol. The number of carbonyl (C=O) groups excluding carboxylic acids is 1. The van der Waals surface area contributed by atoms with E-state index in [2.05, 4.69) is 10.1 Å². The Kier molecular flexibility index (Phi) is 3.12. The Morgan fingerprint density at radius 2 is 2.00 bits per heavy atom. The summed E-state index contributed by atoms with van der Waals surface area (Å²) >= 11 is 0. The van der Waals surface area contributed by atoms with Crippen molar-refractivity contribution < 1.29 is 4.79 Å². The fourth-order valence-corrected chi connectivity index (χ4v) is 2.03. The number of Topliss-reactive ketones (excluding diaryl/α,β-unsaturated/α-hetero) is 1. The summed E-state index contributed by atoms with van der Waals surface area (Å²) in [5, 5.41) is 4.08. The normalized spacial score (nSPS) is 10.8. The van der Waals surface area contributed by atoms with Gasteiger partial charge in [-0.2, -0.15) is 0 Å². The third kappa shape index (κ3) is 2.35. The monoisotopic (exact) mass is 268 g/mol. The molecule has 6 nitrogen and oxygen atoms in total. The van der Waals surface area contributed by atoms with E-state index in [4.69, 9.17) is 0 Å². The molecule has 0 saturated carbocycles. The number of fused-ring (bicyclic) bond motifs is 1. The third-order valence-corrected chi connectivity index (χ3v) is 2.96. The molecule has 0 aliphatic rings. The van der Waals surface area contributed by atoms with Gasteiger partial charge in [0.25, 0.3) is 0 Å². The van der Waals surface area contributed by atoms with E-state index in [9.17, 15) is 9.59 Å². The molecule has 100 valence electrons. The van der Waals surface area contributed by atoms with Crippen LogP contribution in [0.2, 0.25) is 0 Å². The van der Waals surface area contributed by atoms with E-state index in [0.29, 0.717) is 12.1 Å². The highest BCUT2D eigenvalue weighted by Gasteiger charge is 2.10. The van der Waals surface area contributed by atoms with Crippen molar-refractivity contribution in [3.63, 3.8) is 0 Å². The molecule has 0 amide bonds. The first kappa shape index (κ1) is 12.3. The van der Waals surface area contributed by atoms with Gasteiger partial charge in [-0.3, -0.25) is 9.78 Å². The fraction of sp³-hybridized carbons (Fsp3) is 0.143. The van der Waals surface area contributed by atoms with Crippen LogP contribution in [0.1, 0.15) is 5.56 Å². The molecule has 0 saturated heterocycles. The van der Waals surface area contributed by atoms with Gasteiger partial charge in [-0.05, 0) is 5.56 Å². The van der Waals surface area contributed by atoms with Gasteiger partial charge in [0.2, 0.25) is 0 Å². The Labute approximate surface area is 114 Å². The van der Waals surface area contributed by atoms with E-state index < -0.39 is 0 Å². The summed E-state index contributed by atoms with van der Waals surface area (Å²) in [6.07, 6.45) is 4.81. The number of nitrogens with zero attached hydrogens (tertiary/aromatic N) is 4. The molecule has 0 fully saturated rings. The van der Waals surface area contributed by atoms with Crippen LogP contribution < -0.4 is 5.69 Å². The van der Waals surface area contributed by atoms with Crippen LogP contribution in [0.4, 0.5) is 0 Å². The average Bonchev–Trinajstić information content (AvgIpc) is 2.77. The predicted octanol–water partition coefficient (Wildman–Crippen LogP) is 0.703. The Balaban J connectivity index is 1.81. The van der Waals surface area contributed by atoms with E-state index >= 15 is 0 Å². The van der Waals surface area contributed by atoms with Gasteiger partial charge in [-0.1, -0.05) is 30.3 Å². The lowest BCUT2D eigenvalue weighted by atomic mass is 10.1. The van der Waals surface area contributed by atoms with Crippen LogP contribution in [0.15, 0.2) is 53.7 Å². The topological polar surface area (TPSA) is 69.3 Å². The van der Waals surface area contributed by atoms with Gasteiger partial charge in [-0.15, -0.1) is 5.10 Å². The van der Waals surface area contributed by atoms with Gasteiger partial charge >= 0.3 is 5.69 Å². The first-order chi connectivity index (χ1) is 9.74. The standard InChI is InChI=1S/C14H12N4O2/c19-12(8-11-4-2-1-3-5-11)10-18-14(20)17-7-6-15-9-13(17)16-18/h1-7,9H,8,10H2. The van der Waals surface area contributed by atoms with Gasteiger partial charge in [0, 0.05) is 18.8 Å². The number of hydrogen-bond acceptors (Lipinski definition) is 4. The van der Waals surface area contributed by atoms with Crippen LogP contribution in [0.25, 0.3) is 5.65 Å². The molecule has 0 unspecified atom stereocenters. The van der Waals surface area contributed by atoms with Crippen LogP contribution in [-0.4, -0.2) is 24.9 Å². The van der Waals surface area contributed by atoms with Crippen molar-refractivity contribution in [1.29, 1.82) is 0 Å². The molecular weight excluding hydrogens is 256 g/mol. The summed E-state index contributed by atoms with van der Waals surface area (Å²) in [6.45, 7) is -0.0323. The van der Waals surface area contributed by atoms with E-state index in [1.165, 1.54) is 27.7 Å². The van der Waals surface area contributed by atoms with E-state index in [1.54, 1.807) is 0 Å². The lowest BCUT2D eigenvalue weighted by Gasteiger charge is -2.00.